The number of nitrogens with zero attached hydrogens (tertiary/aromatic N) is 2. The molecule has 0 saturated carbocycles. The van der Waals surface area contributed by atoms with Gasteiger partial charge in [0.05, 0.1) is 0 Å². The van der Waals surface area contributed by atoms with Gasteiger partial charge >= 0.3 is 6.03 Å². The number of unbranched alkanes of at least 4 members (excludes halogenated alkanes) is 1. The lowest BCUT2D eigenvalue weighted by molar-refractivity contribution is 0.0685. The summed E-state index contributed by atoms with van der Waals surface area (Å²) in [6.07, 6.45) is 8.61. The fraction of sp³-hybridized carbons (Fsp3) is 0.562. The Morgan fingerprint density at radius 1 is 1.23 bits per heavy atom. The smallest absolute Gasteiger partial charge is 0.312 e. The van der Waals surface area contributed by atoms with Gasteiger partial charge in [-0.25, -0.2) is 4.79 Å². The van der Waals surface area contributed by atoms with Crippen LogP contribution < -0.4 is 11.1 Å². The number of primary amides is 1. The molecule has 2 rings (SSSR count). The van der Waals surface area contributed by atoms with E-state index in [1.807, 2.05) is 4.90 Å². The first-order valence-corrected chi connectivity index (χ1v) is 7.89. The Balaban J connectivity index is 1.65. The van der Waals surface area contributed by atoms with Gasteiger partial charge in [0.1, 0.15) is 0 Å². The molecule has 0 unspecified atom stereocenters. The van der Waals surface area contributed by atoms with Crippen LogP contribution in [0, 0.1) is 5.92 Å². The molecule has 0 atom stereocenters. The summed E-state index contributed by atoms with van der Waals surface area (Å²) in [5.74, 6) is 0.779. The lowest BCUT2D eigenvalue weighted by Gasteiger charge is -2.32. The maximum absolute atomic E-state index is 12.3. The molecule has 6 heteroatoms. The van der Waals surface area contributed by atoms with E-state index < -0.39 is 6.03 Å². The van der Waals surface area contributed by atoms with E-state index in [0.29, 0.717) is 18.0 Å². The average Bonchev–Trinajstić information content (AvgIpc) is 2.55. The molecule has 3 N–H and O–H groups in total. The van der Waals surface area contributed by atoms with Crippen molar-refractivity contribution in [3.05, 3.63) is 30.1 Å². The van der Waals surface area contributed by atoms with Crippen LogP contribution in [-0.4, -0.2) is 41.5 Å². The van der Waals surface area contributed by atoms with Crippen molar-refractivity contribution < 1.29 is 9.59 Å². The number of carbonyl (C=O) groups excluding carboxylic acids is 2. The molecule has 1 fully saturated rings. The molecule has 22 heavy (non-hydrogen) atoms. The van der Waals surface area contributed by atoms with Crippen molar-refractivity contribution in [2.24, 2.45) is 11.7 Å². The highest BCUT2D eigenvalue weighted by atomic mass is 16.2. The summed E-state index contributed by atoms with van der Waals surface area (Å²) in [4.78, 5) is 28.7. The van der Waals surface area contributed by atoms with Crippen LogP contribution in [0.5, 0.6) is 0 Å². The fourth-order valence-electron chi connectivity index (χ4n) is 2.87. The summed E-state index contributed by atoms with van der Waals surface area (Å²) in [7, 11) is 0. The molecule has 120 valence electrons. The quantitative estimate of drug-likeness (QED) is 0.785. The zero-order valence-corrected chi connectivity index (χ0v) is 12.8. The minimum atomic E-state index is -0.456. The van der Waals surface area contributed by atoms with Gasteiger partial charge in [0.15, 0.2) is 0 Å². The number of amides is 3. The van der Waals surface area contributed by atoms with Gasteiger partial charge in [0, 0.05) is 37.6 Å². The predicted molar refractivity (Wildman–Crippen MR) is 84.3 cm³/mol. The number of pyridine rings is 1. The Hall–Kier alpha value is -2.11. The third-order valence-corrected chi connectivity index (χ3v) is 4.17. The van der Waals surface area contributed by atoms with Crippen LogP contribution in [0.1, 0.15) is 42.5 Å². The van der Waals surface area contributed by atoms with Crippen molar-refractivity contribution in [2.75, 3.05) is 19.6 Å². The van der Waals surface area contributed by atoms with Crippen LogP contribution in [0.3, 0.4) is 0 Å². The summed E-state index contributed by atoms with van der Waals surface area (Å²) in [6.45, 7) is 2.30. The molecule has 0 radical (unpaired) electrons. The van der Waals surface area contributed by atoms with Crippen molar-refractivity contribution >= 4 is 11.9 Å². The lowest BCUT2D eigenvalue weighted by atomic mass is 9.91. The molecule has 0 aromatic carbocycles. The molecule has 6 nitrogen and oxygen atoms in total. The molecular weight excluding hydrogens is 280 g/mol. The van der Waals surface area contributed by atoms with Crippen LogP contribution in [0.15, 0.2) is 24.5 Å². The van der Waals surface area contributed by atoms with Crippen molar-refractivity contribution in [3.8, 4) is 0 Å². The number of hydrogen-bond acceptors (Lipinski definition) is 3. The Labute approximate surface area is 131 Å². The maximum Gasteiger partial charge on any atom is 0.312 e. The second-order valence-corrected chi connectivity index (χ2v) is 5.76. The first-order valence-electron chi connectivity index (χ1n) is 7.89. The number of likely N-dealkylation sites (tertiary alicyclic amines) is 1. The Kier molecular flexibility index (Phi) is 6.18. The van der Waals surface area contributed by atoms with Gasteiger partial charge < -0.3 is 16.0 Å². The van der Waals surface area contributed by atoms with Gasteiger partial charge in [-0.3, -0.25) is 9.78 Å². The van der Waals surface area contributed by atoms with Crippen LogP contribution in [-0.2, 0) is 0 Å². The summed E-state index contributed by atoms with van der Waals surface area (Å²) < 4.78 is 0. The number of nitrogens with one attached hydrogen (secondary N) is 1. The predicted octanol–water partition coefficient (Wildman–Crippen LogP) is 1.77. The molecular formula is C16H24N4O2. The Bertz CT molecular complexity index is 484. The second-order valence-electron chi connectivity index (χ2n) is 5.76. The number of urea groups is 1. The largest absolute Gasteiger partial charge is 0.352 e. The van der Waals surface area contributed by atoms with Crippen LogP contribution in [0.4, 0.5) is 4.79 Å². The maximum atomic E-state index is 12.3. The Morgan fingerprint density at radius 2 is 1.91 bits per heavy atom. The molecule has 3 amide bonds. The van der Waals surface area contributed by atoms with Crippen LogP contribution >= 0.6 is 0 Å². The zero-order chi connectivity index (χ0) is 15.8. The summed E-state index contributed by atoms with van der Waals surface area (Å²) in [6, 6.07) is 3.07. The minimum Gasteiger partial charge on any atom is -0.352 e. The van der Waals surface area contributed by atoms with Gasteiger partial charge in [-0.1, -0.05) is 12.8 Å². The zero-order valence-electron chi connectivity index (χ0n) is 12.8. The molecule has 0 aliphatic carbocycles. The summed E-state index contributed by atoms with van der Waals surface area (Å²) in [5, 5.41) is 2.60. The second kappa shape index (κ2) is 8.36. The van der Waals surface area contributed by atoms with E-state index in [4.69, 9.17) is 5.73 Å². The highest BCUT2D eigenvalue weighted by Gasteiger charge is 2.23. The van der Waals surface area contributed by atoms with Crippen molar-refractivity contribution in [1.82, 2.24) is 15.2 Å². The topological polar surface area (TPSA) is 88.3 Å². The normalized spacial score (nSPS) is 15.5. The highest BCUT2D eigenvalue weighted by molar-refractivity contribution is 5.94. The van der Waals surface area contributed by atoms with Crippen LogP contribution in [0.2, 0.25) is 0 Å². The first kappa shape index (κ1) is 16.3. The highest BCUT2D eigenvalue weighted by Crippen LogP contribution is 2.23. The number of aromatic nitrogens is 1. The molecule has 1 aromatic heterocycles. The number of nitrogens with two attached hydrogens (primary N) is 1. The molecule has 0 bridgehead atoms. The van der Waals surface area contributed by atoms with E-state index in [9.17, 15) is 9.59 Å². The standard InChI is InChI=1S/C16H24N4O2/c17-16(22)19-8-2-1-3-13-6-11-20(12-7-13)15(21)14-4-9-18-10-5-14/h4-5,9-10,13H,1-3,6-8,11-12H2,(H3,17,19,22). The molecule has 2 heterocycles. The average molecular weight is 304 g/mol. The summed E-state index contributed by atoms with van der Waals surface area (Å²) >= 11 is 0. The van der Waals surface area contributed by atoms with Crippen molar-refractivity contribution in [2.45, 2.75) is 32.1 Å². The minimum absolute atomic E-state index is 0.103. The van der Waals surface area contributed by atoms with E-state index >= 15 is 0 Å². The van der Waals surface area contributed by atoms with Crippen molar-refractivity contribution in [1.29, 1.82) is 0 Å². The number of piperidine rings is 1. The molecule has 1 aliphatic rings. The summed E-state index contributed by atoms with van der Waals surface area (Å²) in [5.41, 5.74) is 5.73. The molecule has 0 spiro atoms. The van der Waals surface area contributed by atoms with Gasteiger partial charge in [-0.2, -0.15) is 0 Å². The fourth-order valence-corrected chi connectivity index (χ4v) is 2.87. The van der Waals surface area contributed by atoms with Crippen LogP contribution in [0.25, 0.3) is 0 Å². The van der Waals surface area contributed by atoms with Gasteiger partial charge in [-0.05, 0) is 37.3 Å². The molecule has 1 aromatic rings. The SMILES string of the molecule is NC(=O)NCCCCC1CCN(C(=O)c2ccncc2)CC1. The van der Waals surface area contributed by atoms with E-state index in [-0.39, 0.29) is 5.91 Å². The number of rotatable bonds is 6. The molecule has 1 saturated heterocycles. The van der Waals surface area contributed by atoms with Crippen molar-refractivity contribution in [3.63, 3.8) is 0 Å². The van der Waals surface area contributed by atoms with Gasteiger partial charge in [-0.15, -0.1) is 0 Å². The van der Waals surface area contributed by atoms with E-state index in [2.05, 4.69) is 10.3 Å². The lowest BCUT2D eigenvalue weighted by Crippen LogP contribution is -2.38. The monoisotopic (exact) mass is 304 g/mol. The number of hydrogen-bond donors (Lipinski definition) is 2. The Morgan fingerprint density at radius 3 is 2.55 bits per heavy atom. The van der Waals surface area contributed by atoms with Gasteiger partial charge in [0.25, 0.3) is 5.91 Å². The first-order chi connectivity index (χ1) is 10.7. The van der Waals surface area contributed by atoms with E-state index in [0.717, 1.165) is 45.2 Å². The van der Waals surface area contributed by atoms with E-state index in [1.165, 1.54) is 0 Å². The third-order valence-electron chi connectivity index (χ3n) is 4.17. The third kappa shape index (κ3) is 5.02. The van der Waals surface area contributed by atoms with E-state index in [1.54, 1.807) is 24.5 Å². The molecule has 1 aliphatic heterocycles. The van der Waals surface area contributed by atoms with Gasteiger partial charge in [0.2, 0.25) is 0 Å². The number of carbonyl (C=O) groups is 2.